The van der Waals surface area contributed by atoms with Crippen molar-refractivity contribution in [2.45, 2.75) is 19.8 Å². The maximum atomic E-state index is 11.5. The summed E-state index contributed by atoms with van der Waals surface area (Å²) >= 11 is 0. The van der Waals surface area contributed by atoms with E-state index in [9.17, 15) is 13.6 Å². The van der Waals surface area contributed by atoms with E-state index in [1.807, 2.05) is 0 Å². The predicted octanol–water partition coefficient (Wildman–Crippen LogP) is 1.72. The zero-order valence-electron chi connectivity index (χ0n) is 5.56. The summed E-state index contributed by atoms with van der Waals surface area (Å²) < 4.78 is 27.2. The number of halogens is 2. The van der Waals surface area contributed by atoms with Crippen LogP contribution in [0, 0.1) is 0 Å². The Labute approximate surface area is 57.5 Å². The highest BCUT2D eigenvalue weighted by Crippen LogP contribution is 2.07. The second-order valence-electron chi connectivity index (χ2n) is 1.59. The van der Waals surface area contributed by atoms with Crippen molar-refractivity contribution in [3.63, 3.8) is 0 Å². The van der Waals surface area contributed by atoms with Crippen LogP contribution in [0.25, 0.3) is 0 Å². The molecule has 0 amide bonds. The molecule has 0 heterocycles. The van der Waals surface area contributed by atoms with Gasteiger partial charge in [0.15, 0.2) is 5.76 Å². The van der Waals surface area contributed by atoms with Gasteiger partial charge in [-0.2, -0.15) is 0 Å². The largest absolute Gasteiger partial charge is 0.426 e. The molecule has 0 radical (unpaired) electrons. The molecule has 0 saturated carbocycles. The van der Waals surface area contributed by atoms with E-state index in [1.54, 1.807) is 0 Å². The van der Waals surface area contributed by atoms with Gasteiger partial charge >= 0.3 is 5.97 Å². The minimum atomic E-state index is -2.78. The lowest BCUT2D eigenvalue weighted by molar-refractivity contribution is -0.141. The van der Waals surface area contributed by atoms with E-state index < -0.39 is 18.2 Å². The van der Waals surface area contributed by atoms with Crippen molar-refractivity contribution in [1.29, 1.82) is 0 Å². The van der Waals surface area contributed by atoms with Crippen molar-refractivity contribution in [2.75, 3.05) is 0 Å². The van der Waals surface area contributed by atoms with Crippen LogP contribution < -0.4 is 0 Å². The molecule has 2 nitrogen and oxygen atoms in total. The summed E-state index contributed by atoms with van der Waals surface area (Å²) in [6.07, 6.45) is -2.71. The minimum absolute atomic E-state index is 0.0751. The van der Waals surface area contributed by atoms with Crippen LogP contribution in [0.1, 0.15) is 13.3 Å². The lowest BCUT2D eigenvalue weighted by Crippen LogP contribution is -2.06. The topological polar surface area (TPSA) is 26.3 Å². The summed E-state index contributed by atoms with van der Waals surface area (Å²) in [7, 11) is 0. The Morgan fingerprint density at radius 1 is 1.70 bits per heavy atom. The van der Waals surface area contributed by atoms with Gasteiger partial charge in [0.1, 0.15) is 0 Å². The average molecular weight is 150 g/mol. The van der Waals surface area contributed by atoms with Gasteiger partial charge < -0.3 is 4.74 Å². The third kappa shape index (κ3) is 3.17. The second kappa shape index (κ2) is 3.98. The first-order valence-electron chi connectivity index (χ1n) is 2.75. The highest BCUT2D eigenvalue weighted by Gasteiger charge is 2.12. The molecule has 0 aliphatic carbocycles. The summed E-state index contributed by atoms with van der Waals surface area (Å²) in [4.78, 5) is 10.3. The zero-order valence-corrected chi connectivity index (χ0v) is 5.56. The van der Waals surface area contributed by atoms with Crippen molar-refractivity contribution in [2.24, 2.45) is 0 Å². The van der Waals surface area contributed by atoms with E-state index in [2.05, 4.69) is 11.3 Å². The molecule has 0 fully saturated rings. The molecule has 0 rings (SSSR count). The molecule has 0 aromatic heterocycles. The fraction of sp³-hybridized carbons (Fsp3) is 0.500. The molecule has 0 bridgehead atoms. The Hall–Kier alpha value is -0.930. The predicted molar refractivity (Wildman–Crippen MR) is 31.5 cm³/mol. The highest BCUT2D eigenvalue weighted by atomic mass is 19.3. The van der Waals surface area contributed by atoms with Crippen LogP contribution >= 0.6 is 0 Å². The van der Waals surface area contributed by atoms with Gasteiger partial charge in [-0.15, -0.1) is 0 Å². The quantitative estimate of drug-likeness (QED) is 0.452. The van der Waals surface area contributed by atoms with Crippen molar-refractivity contribution in [3.8, 4) is 0 Å². The molecule has 0 aliphatic heterocycles. The van der Waals surface area contributed by atoms with Crippen LogP contribution in [-0.2, 0) is 9.53 Å². The zero-order chi connectivity index (χ0) is 8.15. The first-order chi connectivity index (χ1) is 4.57. The summed E-state index contributed by atoms with van der Waals surface area (Å²) in [5.41, 5.74) is 0. The number of hydrogen-bond acceptors (Lipinski definition) is 2. The molecule has 0 atom stereocenters. The summed E-state index contributed by atoms with van der Waals surface area (Å²) in [6, 6.07) is 0. The van der Waals surface area contributed by atoms with E-state index in [0.717, 1.165) is 0 Å². The molecular weight excluding hydrogens is 142 g/mol. The van der Waals surface area contributed by atoms with Crippen molar-refractivity contribution < 1.29 is 18.3 Å². The summed E-state index contributed by atoms with van der Waals surface area (Å²) in [5, 5.41) is 0. The number of carbonyl (C=O) groups is 1. The molecule has 0 aromatic carbocycles. The molecule has 10 heavy (non-hydrogen) atoms. The van der Waals surface area contributed by atoms with Gasteiger partial charge in [0.25, 0.3) is 6.43 Å². The third-order valence-corrected chi connectivity index (χ3v) is 0.777. The average Bonchev–Trinajstić information content (AvgIpc) is 1.87. The van der Waals surface area contributed by atoms with Crippen LogP contribution in [0.3, 0.4) is 0 Å². The summed E-state index contributed by atoms with van der Waals surface area (Å²) in [6.45, 7) is 4.36. The third-order valence-electron chi connectivity index (χ3n) is 0.777. The standard InChI is InChI=1S/C6H8F2O2/c1-3-5(9)10-4(2)6(7)8/h6H,2-3H2,1H3. The molecular formula is C6H8F2O2. The highest BCUT2D eigenvalue weighted by molar-refractivity contribution is 5.70. The number of alkyl halides is 2. The molecule has 0 aromatic rings. The van der Waals surface area contributed by atoms with E-state index in [-0.39, 0.29) is 6.42 Å². The SMILES string of the molecule is C=C(OC(=O)CC)C(F)F. The van der Waals surface area contributed by atoms with E-state index in [0.29, 0.717) is 0 Å². The Balaban J connectivity index is 3.69. The molecule has 58 valence electrons. The van der Waals surface area contributed by atoms with Gasteiger partial charge in [-0.1, -0.05) is 13.5 Å². The van der Waals surface area contributed by atoms with Gasteiger partial charge in [-0.25, -0.2) is 8.78 Å². The van der Waals surface area contributed by atoms with E-state index in [1.165, 1.54) is 6.92 Å². The van der Waals surface area contributed by atoms with Crippen molar-refractivity contribution >= 4 is 5.97 Å². The summed E-state index contributed by atoms with van der Waals surface area (Å²) in [5.74, 6) is -1.47. The maximum absolute atomic E-state index is 11.5. The van der Waals surface area contributed by atoms with Gasteiger partial charge in [0, 0.05) is 6.42 Å². The molecule has 0 unspecified atom stereocenters. The first kappa shape index (κ1) is 9.07. The number of ether oxygens (including phenoxy) is 1. The van der Waals surface area contributed by atoms with Gasteiger partial charge in [0.2, 0.25) is 0 Å². The number of rotatable bonds is 3. The van der Waals surface area contributed by atoms with Crippen LogP contribution in [0.5, 0.6) is 0 Å². The van der Waals surface area contributed by atoms with Crippen molar-refractivity contribution in [3.05, 3.63) is 12.3 Å². The first-order valence-corrected chi connectivity index (χ1v) is 2.75. The number of allylic oxidation sites excluding steroid dienone is 1. The normalized spacial score (nSPS) is 9.60. The van der Waals surface area contributed by atoms with Crippen LogP contribution in [0.2, 0.25) is 0 Å². The van der Waals surface area contributed by atoms with E-state index in [4.69, 9.17) is 0 Å². The molecule has 0 spiro atoms. The van der Waals surface area contributed by atoms with Crippen LogP contribution in [0.15, 0.2) is 12.3 Å². The Morgan fingerprint density at radius 3 is 2.50 bits per heavy atom. The maximum Gasteiger partial charge on any atom is 0.310 e. The fourth-order valence-electron chi connectivity index (χ4n) is 0.263. The number of hydrogen-bond donors (Lipinski definition) is 0. The van der Waals surface area contributed by atoms with E-state index >= 15 is 0 Å². The van der Waals surface area contributed by atoms with Crippen molar-refractivity contribution in [1.82, 2.24) is 0 Å². The smallest absolute Gasteiger partial charge is 0.310 e. The Morgan fingerprint density at radius 2 is 2.20 bits per heavy atom. The minimum Gasteiger partial charge on any atom is -0.426 e. The fourth-order valence-corrected chi connectivity index (χ4v) is 0.263. The lowest BCUT2D eigenvalue weighted by atomic mass is 10.5. The van der Waals surface area contributed by atoms with Gasteiger partial charge in [-0.3, -0.25) is 4.79 Å². The molecule has 0 aliphatic rings. The Kier molecular flexibility index (Phi) is 3.61. The molecule has 0 N–H and O–H groups in total. The Bertz CT molecular complexity index is 143. The number of carbonyl (C=O) groups excluding carboxylic acids is 1. The van der Waals surface area contributed by atoms with Crippen LogP contribution in [0.4, 0.5) is 8.78 Å². The molecule has 0 saturated heterocycles. The second-order valence-corrected chi connectivity index (χ2v) is 1.59. The van der Waals surface area contributed by atoms with Gasteiger partial charge in [0.05, 0.1) is 0 Å². The molecule has 4 heteroatoms. The van der Waals surface area contributed by atoms with Gasteiger partial charge in [-0.05, 0) is 0 Å². The number of esters is 1. The van der Waals surface area contributed by atoms with Crippen LogP contribution in [-0.4, -0.2) is 12.4 Å². The lowest BCUT2D eigenvalue weighted by Gasteiger charge is -2.02. The monoisotopic (exact) mass is 150 g/mol.